The normalized spacial score (nSPS) is 11.8. The Morgan fingerprint density at radius 2 is 2.00 bits per heavy atom. The Labute approximate surface area is 103 Å². The first-order chi connectivity index (χ1) is 8.67. The molecule has 0 atom stereocenters. The lowest BCUT2D eigenvalue weighted by Gasteiger charge is -2.10. The summed E-state index contributed by atoms with van der Waals surface area (Å²) in [5.74, 6) is -2.49. The Balaban J connectivity index is 3.32. The van der Waals surface area contributed by atoms with E-state index in [9.17, 15) is 26.7 Å². The van der Waals surface area contributed by atoms with E-state index in [1.54, 1.807) is 0 Å². The minimum Gasteiger partial charge on any atom is -0.462 e. The summed E-state index contributed by atoms with van der Waals surface area (Å²) in [5.41, 5.74) is -2.16. The molecule has 0 fully saturated rings. The van der Waals surface area contributed by atoms with Gasteiger partial charge in [-0.25, -0.2) is 18.3 Å². The highest BCUT2D eigenvalue weighted by Gasteiger charge is 2.38. The minimum absolute atomic E-state index is 0.193. The summed E-state index contributed by atoms with van der Waals surface area (Å²) in [5, 5.41) is 3.14. The van der Waals surface area contributed by atoms with Gasteiger partial charge < -0.3 is 9.47 Å². The van der Waals surface area contributed by atoms with Gasteiger partial charge in [0, 0.05) is 7.05 Å². The molecule has 1 aromatic rings. The van der Waals surface area contributed by atoms with Crippen molar-refractivity contribution in [1.29, 1.82) is 0 Å². The maximum absolute atomic E-state index is 12.6. The summed E-state index contributed by atoms with van der Waals surface area (Å²) in [6, 6.07) is 0. The van der Waals surface area contributed by atoms with Crippen LogP contribution < -0.4 is 4.74 Å². The van der Waals surface area contributed by atoms with Gasteiger partial charge in [0.05, 0.1) is 6.61 Å². The molecule has 0 radical (unpaired) electrons. The van der Waals surface area contributed by atoms with Crippen molar-refractivity contribution in [3.63, 3.8) is 0 Å². The van der Waals surface area contributed by atoms with Crippen LogP contribution in [-0.2, 0) is 11.8 Å². The average molecular weight is 288 g/mol. The predicted molar refractivity (Wildman–Crippen MR) is 50.8 cm³/mol. The molecule has 1 heterocycles. The van der Waals surface area contributed by atoms with E-state index in [1.807, 2.05) is 0 Å². The lowest BCUT2D eigenvalue weighted by molar-refractivity contribution is -0.277. The zero-order valence-electron chi connectivity index (χ0n) is 9.79. The van der Waals surface area contributed by atoms with E-state index in [4.69, 9.17) is 0 Å². The molecular formula is C9H9F5N2O3. The average Bonchev–Trinajstić information content (AvgIpc) is 2.54. The number of esters is 1. The zero-order valence-corrected chi connectivity index (χ0v) is 9.79. The van der Waals surface area contributed by atoms with Crippen molar-refractivity contribution in [1.82, 2.24) is 9.78 Å². The SMILES string of the molecule is CCOC(=O)c1c(C(F)F)nn(C)c1OC(F)(F)F. The van der Waals surface area contributed by atoms with Crippen molar-refractivity contribution < 1.29 is 36.2 Å². The fourth-order valence-electron chi connectivity index (χ4n) is 1.30. The van der Waals surface area contributed by atoms with E-state index in [-0.39, 0.29) is 6.61 Å². The first-order valence-electron chi connectivity index (χ1n) is 4.95. The van der Waals surface area contributed by atoms with Crippen molar-refractivity contribution in [2.45, 2.75) is 19.7 Å². The summed E-state index contributed by atoms with van der Waals surface area (Å²) in [6.07, 6.45) is -8.38. The van der Waals surface area contributed by atoms with Gasteiger partial charge in [-0.1, -0.05) is 0 Å². The largest absolute Gasteiger partial charge is 0.574 e. The summed E-state index contributed by atoms with van der Waals surface area (Å²) in [7, 11) is 0.940. The fraction of sp³-hybridized carbons (Fsp3) is 0.556. The molecule has 0 saturated carbocycles. The van der Waals surface area contributed by atoms with Crippen LogP contribution in [-0.4, -0.2) is 28.7 Å². The number of ether oxygens (including phenoxy) is 2. The standard InChI is InChI=1S/C9H9F5N2O3/c1-3-18-8(17)4-5(6(10)11)15-16(2)7(4)19-9(12,13)14/h6H,3H2,1-2H3. The molecular weight excluding hydrogens is 279 g/mol. The molecule has 5 nitrogen and oxygen atoms in total. The number of aromatic nitrogens is 2. The van der Waals surface area contributed by atoms with Gasteiger partial charge >= 0.3 is 12.3 Å². The molecule has 0 aliphatic carbocycles. The number of alkyl halides is 5. The lowest BCUT2D eigenvalue weighted by Crippen LogP contribution is -2.21. The maximum atomic E-state index is 12.6. The van der Waals surface area contributed by atoms with Crippen LogP contribution in [0.5, 0.6) is 5.88 Å². The van der Waals surface area contributed by atoms with Crippen LogP contribution in [0.4, 0.5) is 22.0 Å². The second-order valence-corrected chi connectivity index (χ2v) is 3.26. The molecule has 0 saturated heterocycles. The van der Waals surface area contributed by atoms with Crippen LogP contribution in [0.1, 0.15) is 29.4 Å². The molecule has 19 heavy (non-hydrogen) atoms. The zero-order chi connectivity index (χ0) is 14.8. The molecule has 0 bridgehead atoms. The lowest BCUT2D eigenvalue weighted by atomic mass is 10.2. The van der Waals surface area contributed by atoms with Crippen LogP contribution >= 0.6 is 0 Å². The maximum Gasteiger partial charge on any atom is 0.574 e. The van der Waals surface area contributed by atoms with E-state index >= 15 is 0 Å². The van der Waals surface area contributed by atoms with Crippen molar-refractivity contribution in [3.8, 4) is 5.88 Å². The molecule has 0 aromatic carbocycles. The highest BCUT2D eigenvalue weighted by atomic mass is 19.4. The monoisotopic (exact) mass is 288 g/mol. The highest BCUT2D eigenvalue weighted by molar-refractivity contribution is 5.93. The second kappa shape index (κ2) is 5.41. The number of aryl methyl sites for hydroxylation is 1. The fourth-order valence-corrected chi connectivity index (χ4v) is 1.30. The number of carbonyl (C=O) groups is 1. The third-order valence-electron chi connectivity index (χ3n) is 1.92. The van der Waals surface area contributed by atoms with Crippen molar-refractivity contribution in [3.05, 3.63) is 11.3 Å². The van der Waals surface area contributed by atoms with E-state index < -0.39 is 35.9 Å². The molecule has 0 aliphatic heterocycles. The van der Waals surface area contributed by atoms with Crippen LogP contribution in [0.3, 0.4) is 0 Å². The number of halogens is 5. The van der Waals surface area contributed by atoms with E-state index in [1.165, 1.54) is 6.92 Å². The predicted octanol–water partition coefficient (Wildman–Crippen LogP) is 2.43. The van der Waals surface area contributed by atoms with Gasteiger partial charge in [-0.15, -0.1) is 13.2 Å². The summed E-state index contributed by atoms with van der Waals surface area (Å²) >= 11 is 0. The van der Waals surface area contributed by atoms with Gasteiger partial charge in [0.2, 0.25) is 5.88 Å². The van der Waals surface area contributed by atoms with Crippen LogP contribution in [0.2, 0.25) is 0 Å². The molecule has 0 spiro atoms. The molecule has 0 N–H and O–H groups in total. The van der Waals surface area contributed by atoms with Gasteiger partial charge in [-0.05, 0) is 6.92 Å². The molecule has 0 unspecified atom stereocenters. The highest BCUT2D eigenvalue weighted by Crippen LogP contribution is 2.33. The van der Waals surface area contributed by atoms with E-state index in [0.717, 1.165) is 7.05 Å². The third kappa shape index (κ3) is 3.55. The van der Waals surface area contributed by atoms with Gasteiger partial charge in [-0.3, -0.25) is 0 Å². The number of nitrogens with zero attached hydrogens (tertiary/aromatic N) is 2. The van der Waals surface area contributed by atoms with Crippen molar-refractivity contribution >= 4 is 5.97 Å². The quantitative estimate of drug-likeness (QED) is 0.630. The number of rotatable bonds is 4. The molecule has 10 heteroatoms. The third-order valence-corrected chi connectivity index (χ3v) is 1.92. The van der Waals surface area contributed by atoms with Gasteiger partial charge in [0.15, 0.2) is 5.56 Å². The molecule has 108 valence electrons. The summed E-state index contributed by atoms with van der Waals surface area (Å²) in [4.78, 5) is 11.4. The molecule has 0 aliphatic rings. The Kier molecular flexibility index (Phi) is 4.32. The summed E-state index contributed by atoms with van der Waals surface area (Å²) < 4.78 is 70.1. The Hall–Kier alpha value is -1.87. The Bertz CT molecular complexity index is 469. The molecule has 1 aromatic heterocycles. The minimum atomic E-state index is -5.14. The van der Waals surface area contributed by atoms with Crippen LogP contribution in [0, 0.1) is 0 Å². The van der Waals surface area contributed by atoms with Crippen LogP contribution in [0.25, 0.3) is 0 Å². The first kappa shape index (κ1) is 15.2. The second-order valence-electron chi connectivity index (χ2n) is 3.26. The van der Waals surface area contributed by atoms with Gasteiger partial charge in [0.25, 0.3) is 6.43 Å². The summed E-state index contributed by atoms with van der Waals surface area (Å²) in [6.45, 7) is 1.18. The van der Waals surface area contributed by atoms with E-state index in [0.29, 0.717) is 4.68 Å². The Morgan fingerprint density at radius 3 is 2.42 bits per heavy atom. The first-order valence-corrected chi connectivity index (χ1v) is 4.95. The number of hydrogen-bond donors (Lipinski definition) is 0. The molecule has 1 rings (SSSR count). The van der Waals surface area contributed by atoms with Crippen molar-refractivity contribution in [2.24, 2.45) is 7.05 Å². The smallest absolute Gasteiger partial charge is 0.462 e. The number of carbonyl (C=O) groups excluding carboxylic acids is 1. The van der Waals surface area contributed by atoms with Crippen molar-refractivity contribution in [2.75, 3.05) is 6.61 Å². The van der Waals surface area contributed by atoms with Gasteiger partial charge in [0.1, 0.15) is 5.69 Å². The number of hydrogen-bond acceptors (Lipinski definition) is 4. The Morgan fingerprint density at radius 1 is 1.42 bits per heavy atom. The van der Waals surface area contributed by atoms with E-state index in [2.05, 4.69) is 14.6 Å². The topological polar surface area (TPSA) is 53.3 Å². The molecule has 0 amide bonds. The van der Waals surface area contributed by atoms with Gasteiger partial charge in [-0.2, -0.15) is 5.10 Å². The van der Waals surface area contributed by atoms with Crippen LogP contribution in [0.15, 0.2) is 0 Å².